The van der Waals surface area contributed by atoms with Gasteiger partial charge >= 0.3 is 0 Å². The Labute approximate surface area is 135 Å². The minimum absolute atomic E-state index is 0.0279. The van der Waals surface area contributed by atoms with Gasteiger partial charge in [0.15, 0.2) is 0 Å². The summed E-state index contributed by atoms with van der Waals surface area (Å²) >= 11 is 0. The molecule has 0 aliphatic rings. The van der Waals surface area contributed by atoms with Gasteiger partial charge in [-0.1, -0.05) is 25.5 Å². The number of fused-ring (bicyclic) bond motifs is 1. The number of nitrogens with one attached hydrogen (secondary N) is 1. The van der Waals surface area contributed by atoms with Crippen LogP contribution in [0.15, 0.2) is 35.3 Å². The molecule has 0 saturated carbocycles. The van der Waals surface area contributed by atoms with Gasteiger partial charge in [0, 0.05) is 13.2 Å². The monoisotopic (exact) mass is 317 g/mol. The van der Waals surface area contributed by atoms with Crippen LogP contribution in [0.1, 0.15) is 26.2 Å². The normalized spacial score (nSPS) is 12.3. The van der Waals surface area contributed by atoms with Crippen molar-refractivity contribution in [3.8, 4) is 0 Å². The molecule has 0 spiro atoms. The van der Waals surface area contributed by atoms with Gasteiger partial charge in [0.05, 0.1) is 17.2 Å². The fourth-order valence-corrected chi connectivity index (χ4v) is 2.67. The highest BCUT2D eigenvalue weighted by Crippen LogP contribution is 2.10. The van der Waals surface area contributed by atoms with E-state index < -0.39 is 0 Å². The molecule has 6 nitrogen and oxygen atoms in total. The average molecular weight is 317 g/mol. The molecule has 0 fully saturated rings. The lowest BCUT2D eigenvalue weighted by Crippen LogP contribution is -2.35. The number of aromatic nitrogens is 2. The number of benzene rings is 1. The number of hydrogen-bond acceptors (Lipinski definition) is 4. The van der Waals surface area contributed by atoms with Crippen molar-refractivity contribution < 1.29 is 9.90 Å². The van der Waals surface area contributed by atoms with Gasteiger partial charge in [0.25, 0.3) is 5.56 Å². The van der Waals surface area contributed by atoms with Gasteiger partial charge in [-0.3, -0.25) is 14.2 Å². The second kappa shape index (κ2) is 8.43. The molecule has 1 atom stereocenters. The summed E-state index contributed by atoms with van der Waals surface area (Å²) in [4.78, 5) is 28.2. The van der Waals surface area contributed by atoms with Crippen LogP contribution in [0, 0.1) is 5.92 Å². The second-order valence-electron chi connectivity index (χ2n) is 5.64. The molecule has 124 valence electrons. The summed E-state index contributed by atoms with van der Waals surface area (Å²) in [5.74, 6) is 0.0577. The highest BCUT2D eigenvalue weighted by atomic mass is 16.3. The quantitative estimate of drug-likeness (QED) is 0.769. The Kier molecular flexibility index (Phi) is 6.29. The number of nitrogens with zero attached hydrogens (tertiary/aromatic N) is 2. The number of para-hydroxylation sites is 2. The lowest BCUT2D eigenvalue weighted by molar-refractivity contribution is -0.121. The van der Waals surface area contributed by atoms with Crippen molar-refractivity contribution in [2.45, 2.75) is 32.7 Å². The first kappa shape index (κ1) is 17.1. The van der Waals surface area contributed by atoms with Crippen LogP contribution >= 0.6 is 0 Å². The number of carbonyl (C=O) groups excluding carboxylic acids is 1. The molecule has 1 aromatic heterocycles. The second-order valence-corrected chi connectivity index (χ2v) is 5.64. The highest BCUT2D eigenvalue weighted by Gasteiger charge is 2.12. The van der Waals surface area contributed by atoms with Crippen LogP contribution in [-0.2, 0) is 11.3 Å². The fourth-order valence-electron chi connectivity index (χ4n) is 2.67. The van der Waals surface area contributed by atoms with E-state index in [1.165, 1.54) is 10.8 Å². The number of rotatable bonds is 8. The van der Waals surface area contributed by atoms with Gasteiger partial charge in [-0.25, -0.2) is 4.98 Å². The van der Waals surface area contributed by atoms with E-state index in [1.807, 2.05) is 18.2 Å². The van der Waals surface area contributed by atoms with E-state index in [0.717, 1.165) is 12.8 Å². The molecule has 23 heavy (non-hydrogen) atoms. The van der Waals surface area contributed by atoms with Crippen LogP contribution in [0.5, 0.6) is 0 Å². The Bertz CT molecular complexity index is 706. The molecule has 1 heterocycles. The molecule has 1 unspecified atom stereocenters. The molecule has 6 heteroatoms. The van der Waals surface area contributed by atoms with Crippen LogP contribution < -0.4 is 10.9 Å². The Morgan fingerprint density at radius 1 is 1.35 bits per heavy atom. The minimum atomic E-state index is -0.292. The van der Waals surface area contributed by atoms with E-state index in [1.54, 1.807) is 6.07 Å². The number of aliphatic hydroxyl groups is 1. The smallest absolute Gasteiger partial charge is 0.269 e. The molecule has 2 aromatic rings. The summed E-state index contributed by atoms with van der Waals surface area (Å²) in [7, 11) is 0. The molecule has 0 bridgehead atoms. The zero-order chi connectivity index (χ0) is 16.7. The van der Waals surface area contributed by atoms with E-state index in [2.05, 4.69) is 17.2 Å². The number of hydrogen-bond donors (Lipinski definition) is 2. The summed E-state index contributed by atoms with van der Waals surface area (Å²) in [5.41, 5.74) is 1.04. The van der Waals surface area contributed by atoms with Crippen molar-refractivity contribution in [2.24, 2.45) is 5.92 Å². The Balaban J connectivity index is 2.06. The summed E-state index contributed by atoms with van der Waals surface area (Å²) in [5, 5.41) is 11.9. The predicted octanol–water partition coefficient (Wildman–Crippen LogP) is 1.31. The highest BCUT2D eigenvalue weighted by molar-refractivity contribution is 5.79. The number of carbonyl (C=O) groups is 1. The Morgan fingerprint density at radius 2 is 2.13 bits per heavy atom. The summed E-state index contributed by atoms with van der Waals surface area (Å²) in [6.07, 6.45) is 3.88. The third-order valence-corrected chi connectivity index (χ3v) is 3.88. The van der Waals surface area contributed by atoms with Crippen molar-refractivity contribution in [1.82, 2.24) is 14.9 Å². The van der Waals surface area contributed by atoms with E-state index in [4.69, 9.17) is 5.11 Å². The predicted molar refractivity (Wildman–Crippen MR) is 89.1 cm³/mol. The summed E-state index contributed by atoms with van der Waals surface area (Å²) in [6, 6.07) is 7.25. The average Bonchev–Trinajstić information content (AvgIpc) is 2.56. The first-order valence-electron chi connectivity index (χ1n) is 7.97. The van der Waals surface area contributed by atoms with Crippen LogP contribution in [-0.4, -0.2) is 33.7 Å². The standard InChI is InChI=1S/C17H23N3O3/c1-2-5-13(8-9-21)10-19-16(22)12-20-15-7-4-3-6-14(15)18-11-17(20)23/h3-4,6-7,11,13,21H,2,5,8-10,12H2,1H3,(H,19,22). The first-order chi connectivity index (χ1) is 11.2. The van der Waals surface area contributed by atoms with E-state index in [-0.39, 0.29) is 30.5 Å². The van der Waals surface area contributed by atoms with Gasteiger partial charge < -0.3 is 10.4 Å². The molecule has 2 rings (SSSR count). The molecule has 0 saturated heterocycles. The van der Waals surface area contributed by atoms with Crippen LogP contribution in [0.4, 0.5) is 0 Å². The van der Waals surface area contributed by atoms with Crippen LogP contribution in [0.3, 0.4) is 0 Å². The van der Waals surface area contributed by atoms with E-state index in [0.29, 0.717) is 24.0 Å². The maximum atomic E-state index is 12.2. The van der Waals surface area contributed by atoms with Crippen LogP contribution in [0.2, 0.25) is 0 Å². The fraction of sp³-hybridized carbons (Fsp3) is 0.471. The minimum Gasteiger partial charge on any atom is -0.396 e. The largest absolute Gasteiger partial charge is 0.396 e. The summed E-state index contributed by atoms with van der Waals surface area (Å²) < 4.78 is 1.43. The zero-order valence-electron chi connectivity index (χ0n) is 13.4. The van der Waals surface area contributed by atoms with Gasteiger partial charge in [-0.2, -0.15) is 0 Å². The SMILES string of the molecule is CCCC(CCO)CNC(=O)Cn1c(=O)cnc2ccccc21. The topological polar surface area (TPSA) is 84.2 Å². The Hall–Kier alpha value is -2.21. The van der Waals surface area contributed by atoms with Crippen molar-refractivity contribution >= 4 is 16.9 Å². The zero-order valence-corrected chi connectivity index (χ0v) is 13.4. The molecule has 1 aromatic carbocycles. The van der Waals surface area contributed by atoms with Crippen molar-refractivity contribution in [2.75, 3.05) is 13.2 Å². The van der Waals surface area contributed by atoms with Gasteiger partial charge in [-0.15, -0.1) is 0 Å². The van der Waals surface area contributed by atoms with E-state index in [9.17, 15) is 9.59 Å². The molecular weight excluding hydrogens is 294 g/mol. The molecule has 2 N–H and O–H groups in total. The molecule has 1 amide bonds. The number of aliphatic hydroxyl groups excluding tert-OH is 1. The van der Waals surface area contributed by atoms with Gasteiger partial charge in [0.2, 0.25) is 5.91 Å². The van der Waals surface area contributed by atoms with E-state index >= 15 is 0 Å². The van der Waals surface area contributed by atoms with Crippen molar-refractivity contribution in [1.29, 1.82) is 0 Å². The summed E-state index contributed by atoms with van der Waals surface area (Å²) in [6.45, 7) is 2.69. The maximum absolute atomic E-state index is 12.2. The van der Waals surface area contributed by atoms with Crippen LogP contribution in [0.25, 0.3) is 11.0 Å². The lowest BCUT2D eigenvalue weighted by atomic mass is 10.0. The molecule has 0 aliphatic heterocycles. The number of amides is 1. The maximum Gasteiger partial charge on any atom is 0.269 e. The van der Waals surface area contributed by atoms with Crippen molar-refractivity contribution in [3.63, 3.8) is 0 Å². The first-order valence-corrected chi connectivity index (χ1v) is 7.97. The Morgan fingerprint density at radius 3 is 2.87 bits per heavy atom. The third kappa shape index (κ3) is 4.63. The third-order valence-electron chi connectivity index (χ3n) is 3.88. The molecular formula is C17H23N3O3. The lowest BCUT2D eigenvalue weighted by Gasteiger charge is -2.16. The van der Waals surface area contributed by atoms with Gasteiger partial charge in [0.1, 0.15) is 6.54 Å². The molecule has 0 radical (unpaired) electrons. The van der Waals surface area contributed by atoms with Gasteiger partial charge in [-0.05, 0) is 30.9 Å². The van der Waals surface area contributed by atoms with Crippen molar-refractivity contribution in [3.05, 3.63) is 40.8 Å². The molecule has 0 aliphatic carbocycles.